The van der Waals surface area contributed by atoms with Crippen molar-refractivity contribution in [3.63, 3.8) is 0 Å². The minimum atomic E-state index is -0.885. The second-order valence-corrected chi connectivity index (χ2v) is 5.67. The number of hydrogen-bond acceptors (Lipinski definition) is 7. The number of anilines is 2. The number of nitrogens with one attached hydrogen (secondary N) is 2. The van der Waals surface area contributed by atoms with Crippen LogP contribution in [0.15, 0.2) is 30.5 Å². The predicted octanol–water partition coefficient (Wildman–Crippen LogP) is 1.70. The van der Waals surface area contributed by atoms with Crippen LogP contribution in [0.2, 0.25) is 0 Å². The number of aromatic nitrogens is 1. The highest BCUT2D eigenvalue weighted by Gasteiger charge is 2.20. The predicted molar refractivity (Wildman–Crippen MR) is 98.3 cm³/mol. The van der Waals surface area contributed by atoms with Gasteiger partial charge in [-0.1, -0.05) is 0 Å². The van der Waals surface area contributed by atoms with Crippen molar-refractivity contribution in [2.75, 3.05) is 24.4 Å². The fourth-order valence-electron chi connectivity index (χ4n) is 2.33. The van der Waals surface area contributed by atoms with Crippen LogP contribution in [0.25, 0.3) is 0 Å². The minimum absolute atomic E-state index is 0.0651. The van der Waals surface area contributed by atoms with Gasteiger partial charge in [-0.2, -0.15) is 0 Å². The number of rotatable bonds is 7. The van der Waals surface area contributed by atoms with Gasteiger partial charge in [0, 0.05) is 25.7 Å². The number of esters is 1. The van der Waals surface area contributed by atoms with Crippen LogP contribution in [0.5, 0.6) is 5.75 Å². The Morgan fingerprint density at radius 1 is 1.21 bits per heavy atom. The number of ether oxygens (including phenoxy) is 2. The van der Waals surface area contributed by atoms with Gasteiger partial charge >= 0.3 is 5.97 Å². The second-order valence-electron chi connectivity index (χ2n) is 5.67. The first-order chi connectivity index (χ1) is 13.2. The molecule has 0 saturated heterocycles. The number of carbonyl (C=O) groups is 3. The first-order valence-corrected chi connectivity index (χ1v) is 7.94. The maximum atomic E-state index is 12.1. The number of benzene rings is 1. The molecular weight excluding hydrogens is 372 g/mol. The molecule has 0 aliphatic carbocycles. The molecule has 2 aromatic rings. The summed E-state index contributed by atoms with van der Waals surface area (Å²) in [6.45, 7) is 0.723. The van der Waals surface area contributed by atoms with E-state index in [0.717, 1.165) is 12.3 Å². The fourth-order valence-corrected chi connectivity index (χ4v) is 2.33. The van der Waals surface area contributed by atoms with Crippen molar-refractivity contribution in [2.24, 2.45) is 7.05 Å². The van der Waals surface area contributed by atoms with Gasteiger partial charge in [0.25, 0.3) is 11.6 Å². The molecule has 0 spiro atoms. The molecule has 28 heavy (non-hydrogen) atoms. The number of methoxy groups -OCH3 is 1. The summed E-state index contributed by atoms with van der Waals surface area (Å²) < 4.78 is 11.3. The van der Waals surface area contributed by atoms with Crippen LogP contribution in [-0.2, 0) is 21.4 Å². The van der Waals surface area contributed by atoms with E-state index in [4.69, 9.17) is 9.47 Å². The van der Waals surface area contributed by atoms with E-state index in [-0.39, 0.29) is 23.0 Å². The molecule has 11 heteroatoms. The van der Waals surface area contributed by atoms with Crippen molar-refractivity contribution in [1.82, 2.24) is 4.57 Å². The van der Waals surface area contributed by atoms with E-state index in [1.165, 1.54) is 31.7 Å². The lowest BCUT2D eigenvalue weighted by atomic mass is 10.2. The van der Waals surface area contributed by atoms with Gasteiger partial charge in [0.15, 0.2) is 6.61 Å². The zero-order valence-corrected chi connectivity index (χ0v) is 15.3. The molecule has 11 nitrogen and oxygen atoms in total. The van der Waals surface area contributed by atoms with Gasteiger partial charge in [-0.3, -0.25) is 19.7 Å². The Balaban J connectivity index is 2.03. The van der Waals surface area contributed by atoms with Crippen LogP contribution >= 0.6 is 0 Å². The lowest BCUT2D eigenvalue weighted by Crippen LogP contribution is -2.22. The number of aryl methyl sites for hydroxylation is 1. The molecule has 0 bridgehead atoms. The smallest absolute Gasteiger partial charge is 0.355 e. The van der Waals surface area contributed by atoms with Crippen molar-refractivity contribution in [2.45, 2.75) is 6.92 Å². The highest BCUT2D eigenvalue weighted by molar-refractivity contribution is 5.97. The summed E-state index contributed by atoms with van der Waals surface area (Å²) in [7, 11) is 2.85. The quantitative estimate of drug-likeness (QED) is 0.416. The fraction of sp³-hybridized carbons (Fsp3) is 0.235. The summed E-state index contributed by atoms with van der Waals surface area (Å²) >= 11 is 0. The third-order valence-corrected chi connectivity index (χ3v) is 3.54. The lowest BCUT2D eigenvalue weighted by molar-refractivity contribution is -0.384. The molecule has 0 aliphatic rings. The molecule has 2 N–H and O–H groups in total. The molecule has 0 atom stereocenters. The van der Waals surface area contributed by atoms with E-state index in [9.17, 15) is 24.5 Å². The maximum Gasteiger partial charge on any atom is 0.355 e. The Bertz CT molecular complexity index is 936. The molecule has 1 aromatic carbocycles. The summed E-state index contributed by atoms with van der Waals surface area (Å²) in [6, 6.07) is 5.69. The van der Waals surface area contributed by atoms with Crippen LogP contribution < -0.4 is 15.4 Å². The van der Waals surface area contributed by atoms with Gasteiger partial charge in [-0.15, -0.1) is 0 Å². The van der Waals surface area contributed by atoms with Gasteiger partial charge in [0.2, 0.25) is 5.91 Å². The number of nitro groups is 1. The highest BCUT2D eigenvalue weighted by atomic mass is 16.6. The summed E-state index contributed by atoms with van der Waals surface area (Å²) in [6.07, 6.45) is 1.16. The summed E-state index contributed by atoms with van der Waals surface area (Å²) in [4.78, 5) is 45.4. The van der Waals surface area contributed by atoms with E-state index in [1.807, 2.05) is 0 Å². The first kappa shape index (κ1) is 20.4. The Morgan fingerprint density at radius 2 is 1.93 bits per heavy atom. The third kappa shape index (κ3) is 5.06. The van der Waals surface area contributed by atoms with Crippen molar-refractivity contribution in [1.29, 1.82) is 0 Å². The molecule has 0 saturated carbocycles. The Labute approximate surface area is 159 Å². The summed E-state index contributed by atoms with van der Waals surface area (Å²) in [5.41, 5.74) is 0.379. The molecule has 0 radical (unpaired) electrons. The molecule has 148 valence electrons. The van der Waals surface area contributed by atoms with Crippen molar-refractivity contribution >= 4 is 34.8 Å². The van der Waals surface area contributed by atoms with Crippen LogP contribution in [0, 0.1) is 10.1 Å². The largest absolute Gasteiger partial charge is 0.495 e. The molecular formula is C17H18N4O7. The standard InChI is InChI=1S/C17H18N4O7/c1-10(22)18-11-4-5-15(27-3)13(6-11)19-16(23)9-28-17(24)14-7-12(21(25)26)8-20(14)2/h4-8H,9H2,1-3H3,(H,18,22)(H,19,23). The van der Waals surface area contributed by atoms with E-state index >= 15 is 0 Å². The summed E-state index contributed by atoms with van der Waals surface area (Å²) in [5, 5.41) is 15.8. The van der Waals surface area contributed by atoms with E-state index in [0.29, 0.717) is 11.4 Å². The van der Waals surface area contributed by atoms with Crippen LogP contribution in [0.1, 0.15) is 17.4 Å². The SMILES string of the molecule is COc1ccc(NC(C)=O)cc1NC(=O)COC(=O)c1cc([N+](=O)[O-])cn1C. The number of carbonyl (C=O) groups excluding carboxylic acids is 3. The van der Waals surface area contributed by atoms with E-state index < -0.39 is 23.4 Å². The molecule has 0 unspecified atom stereocenters. The van der Waals surface area contributed by atoms with Crippen molar-refractivity contribution in [3.05, 3.63) is 46.3 Å². The zero-order chi connectivity index (χ0) is 20.8. The molecule has 1 aromatic heterocycles. The second kappa shape index (κ2) is 8.66. The molecule has 1 heterocycles. The molecule has 0 fully saturated rings. The van der Waals surface area contributed by atoms with Crippen molar-refractivity contribution in [3.8, 4) is 5.75 Å². The van der Waals surface area contributed by atoms with E-state index in [2.05, 4.69) is 10.6 Å². The Morgan fingerprint density at radius 3 is 2.50 bits per heavy atom. The monoisotopic (exact) mass is 390 g/mol. The molecule has 0 aliphatic heterocycles. The third-order valence-electron chi connectivity index (χ3n) is 3.54. The van der Waals surface area contributed by atoms with Gasteiger partial charge in [0.05, 0.1) is 23.9 Å². The number of amides is 2. The zero-order valence-electron chi connectivity index (χ0n) is 15.3. The average molecular weight is 390 g/mol. The molecule has 2 rings (SSSR count). The van der Waals surface area contributed by atoms with Crippen LogP contribution in [-0.4, -0.2) is 41.0 Å². The van der Waals surface area contributed by atoms with Gasteiger partial charge in [-0.05, 0) is 18.2 Å². The summed E-state index contributed by atoms with van der Waals surface area (Å²) in [5.74, 6) is -1.49. The van der Waals surface area contributed by atoms with Crippen molar-refractivity contribution < 1.29 is 28.8 Å². The lowest BCUT2D eigenvalue weighted by Gasteiger charge is -2.12. The highest BCUT2D eigenvalue weighted by Crippen LogP contribution is 2.27. The topological polar surface area (TPSA) is 142 Å². The van der Waals surface area contributed by atoms with E-state index in [1.54, 1.807) is 12.1 Å². The molecule has 2 amide bonds. The number of nitrogens with zero attached hydrogens (tertiary/aromatic N) is 2. The van der Waals surface area contributed by atoms with Gasteiger partial charge in [0.1, 0.15) is 11.4 Å². The Kier molecular flexibility index (Phi) is 6.32. The maximum absolute atomic E-state index is 12.1. The Hall–Kier alpha value is -3.89. The number of hydrogen-bond donors (Lipinski definition) is 2. The van der Waals surface area contributed by atoms with Gasteiger partial charge < -0.3 is 24.7 Å². The minimum Gasteiger partial charge on any atom is -0.495 e. The average Bonchev–Trinajstić information content (AvgIpc) is 3.01. The van der Waals surface area contributed by atoms with Gasteiger partial charge in [-0.25, -0.2) is 4.79 Å². The van der Waals surface area contributed by atoms with Crippen LogP contribution in [0.4, 0.5) is 17.1 Å². The van der Waals surface area contributed by atoms with Crippen LogP contribution in [0.3, 0.4) is 0 Å². The first-order valence-electron chi connectivity index (χ1n) is 7.94. The normalized spacial score (nSPS) is 10.1.